The fraction of sp³-hybridized carbons (Fsp3) is 0.286. The minimum Gasteiger partial charge on any atom is -0.494 e. The third-order valence-electron chi connectivity index (χ3n) is 3.10. The number of amides is 1. The second kappa shape index (κ2) is 5.82. The predicted octanol–water partition coefficient (Wildman–Crippen LogP) is 2.19. The number of benzene rings is 1. The molecule has 1 aromatic heterocycles. The van der Waals surface area contributed by atoms with E-state index in [-0.39, 0.29) is 11.4 Å². The van der Waals surface area contributed by atoms with Crippen molar-refractivity contribution in [2.24, 2.45) is 0 Å². The highest BCUT2D eigenvalue weighted by Crippen LogP contribution is 2.22. The number of rotatable bonds is 4. The number of nitrogens with zero attached hydrogens (tertiary/aromatic N) is 2. The van der Waals surface area contributed by atoms with Gasteiger partial charge in [0.15, 0.2) is 11.6 Å². The molecule has 0 spiro atoms. The summed E-state index contributed by atoms with van der Waals surface area (Å²) in [5, 5.41) is 6.78. The summed E-state index contributed by atoms with van der Waals surface area (Å²) >= 11 is 0. The van der Waals surface area contributed by atoms with Crippen molar-refractivity contribution < 1.29 is 13.9 Å². The van der Waals surface area contributed by atoms with Crippen LogP contribution >= 0.6 is 0 Å². The van der Waals surface area contributed by atoms with Gasteiger partial charge in [0.05, 0.1) is 18.5 Å². The van der Waals surface area contributed by atoms with Gasteiger partial charge in [-0.25, -0.2) is 4.39 Å². The van der Waals surface area contributed by atoms with E-state index in [1.807, 2.05) is 6.92 Å². The normalized spacial score (nSPS) is 10.5. The summed E-state index contributed by atoms with van der Waals surface area (Å²) < 4.78 is 20.0. The Bertz CT molecular complexity index is 682. The van der Waals surface area contributed by atoms with Gasteiger partial charge in [-0.3, -0.25) is 9.48 Å². The zero-order chi connectivity index (χ0) is 15.6. The lowest BCUT2D eigenvalue weighted by molar-refractivity contribution is 0.101. The third-order valence-corrected chi connectivity index (χ3v) is 3.10. The van der Waals surface area contributed by atoms with Crippen LogP contribution in [0.15, 0.2) is 18.2 Å². The van der Waals surface area contributed by atoms with Crippen LogP contribution in [0.2, 0.25) is 0 Å². The van der Waals surface area contributed by atoms with Gasteiger partial charge < -0.3 is 15.8 Å². The maximum Gasteiger partial charge on any atom is 0.276 e. The van der Waals surface area contributed by atoms with Gasteiger partial charge in [-0.15, -0.1) is 0 Å². The van der Waals surface area contributed by atoms with E-state index in [1.165, 1.54) is 23.9 Å². The molecule has 0 unspecified atom stereocenters. The van der Waals surface area contributed by atoms with Crippen LogP contribution in [-0.2, 0) is 6.54 Å². The molecule has 21 heavy (non-hydrogen) atoms. The maximum atomic E-state index is 13.6. The molecule has 1 heterocycles. The molecule has 0 fully saturated rings. The largest absolute Gasteiger partial charge is 0.494 e. The van der Waals surface area contributed by atoms with Gasteiger partial charge in [0.1, 0.15) is 5.69 Å². The molecule has 2 aromatic rings. The van der Waals surface area contributed by atoms with E-state index in [2.05, 4.69) is 10.4 Å². The van der Waals surface area contributed by atoms with Gasteiger partial charge >= 0.3 is 0 Å². The minimum absolute atomic E-state index is 0.113. The van der Waals surface area contributed by atoms with Crippen LogP contribution in [0, 0.1) is 12.7 Å². The molecule has 0 aliphatic rings. The third kappa shape index (κ3) is 2.81. The number of methoxy groups -OCH3 is 1. The smallest absolute Gasteiger partial charge is 0.276 e. The number of nitrogen functional groups attached to an aromatic ring is 1. The Hall–Kier alpha value is -2.57. The zero-order valence-corrected chi connectivity index (χ0v) is 12.1. The summed E-state index contributed by atoms with van der Waals surface area (Å²) in [6, 6.07) is 4.18. The highest BCUT2D eigenvalue weighted by molar-refractivity contribution is 6.06. The average molecular weight is 292 g/mol. The monoisotopic (exact) mass is 292 g/mol. The van der Waals surface area contributed by atoms with E-state index in [4.69, 9.17) is 10.5 Å². The van der Waals surface area contributed by atoms with Gasteiger partial charge in [0.2, 0.25) is 0 Å². The first-order valence-electron chi connectivity index (χ1n) is 6.45. The lowest BCUT2D eigenvalue weighted by Crippen LogP contribution is -2.19. The van der Waals surface area contributed by atoms with Crippen molar-refractivity contribution in [2.45, 2.75) is 20.4 Å². The molecule has 0 atom stereocenters. The first-order chi connectivity index (χ1) is 9.97. The van der Waals surface area contributed by atoms with Crippen LogP contribution in [0.1, 0.15) is 23.1 Å². The van der Waals surface area contributed by atoms with Crippen LogP contribution in [0.5, 0.6) is 5.75 Å². The molecular formula is C14H17FN4O2. The Labute approximate surface area is 121 Å². The minimum atomic E-state index is -0.552. The van der Waals surface area contributed by atoms with Crippen molar-refractivity contribution in [3.05, 3.63) is 35.4 Å². The summed E-state index contributed by atoms with van der Waals surface area (Å²) in [5.41, 5.74) is 7.37. The lowest BCUT2D eigenvalue weighted by Gasteiger charge is -2.09. The van der Waals surface area contributed by atoms with Gasteiger partial charge in [0, 0.05) is 18.3 Å². The number of ether oxygens (including phenoxy) is 1. The number of carbonyl (C=O) groups excluding carboxylic acids is 1. The number of halogens is 1. The van der Waals surface area contributed by atoms with Crippen LogP contribution in [0.25, 0.3) is 0 Å². The lowest BCUT2D eigenvalue weighted by atomic mass is 10.2. The molecule has 1 aromatic carbocycles. The van der Waals surface area contributed by atoms with Crippen molar-refractivity contribution in [1.29, 1.82) is 0 Å². The Morgan fingerprint density at radius 2 is 2.24 bits per heavy atom. The van der Waals surface area contributed by atoms with Crippen molar-refractivity contribution in [3.63, 3.8) is 0 Å². The molecule has 1 amide bonds. The van der Waals surface area contributed by atoms with E-state index in [1.54, 1.807) is 13.0 Å². The number of aryl methyl sites for hydroxylation is 2. The SMILES string of the molecule is CCn1nc(C)c(N)c1C(=O)Nc1ccc(OC)c(F)c1. The van der Waals surface area contributed by atoms with E-state index >= 15 is 0 Å². The fourth-order valence-electron chi connectivity index (χ4n) is 2.00. The van der Waals surface area contributed by atoms with Crippen molar-refractivity contribution in [1.82, 2.24) is 9.78 Å². The van der Waals surface area contributed by atoms with E-state index in [9.17, 15) is 9.18 Å². The van der Waals surface area contributed by atoms with Crippen molar-refractivity contribution in [3.8, 4) is 5.75 Å². The summed E-state index contributed by atoms with van der Waals surface area (Å²) in [6.07, 6.45) is 0. The maximum absolute atomic E-state index is 13.6. The first kappa shape index (κ1) is 14.8. The quantitative estimate of drug-likeness (QED) is 0.905. The summed E-state index contributed by atoms with van der Waals surface area (Å²) in [7, 11) is 1.37. The molecule has 0 aliphatic carbocycles. The topological polar surface area (TPSA) is 82.2 Å². The molecule has 112 valence electrons. The van der Waals surface area contributed by atoms with Crippen LogP contribution in [-0.4, -0.2) is 22.8 Å². The van der Waals surface area contributed by atoms with Gasteiger partial charge in [-0.1, -0.05) is 0 Å². The van der Waals surface area contributed by atoms with E-state index < -0.39 is 11.7 Å². The number of aromatic nitrogens is 2. The van der Waals surface area contributed by atoms with Gasteiger partial charge in [0.25, 0.3) is 5.91 Å². The predicted molar refractivity (Wildman–Crippen MR) is 78.0 cm³/mol. The molecule has 0 saturated heterocycles. The fourth-order valence-corrected chi connectivity index (χ4v) is 2.00. The Morgan fingerprint density at radius 3 is 2.81 bits per heavy atom. The molecule has 7 heteroatoms. The first-order valence-corrected chi connectivity index (χ1v) is 6.45. The molecule has 2 rings (SSSR count). The Kier molecular flexibility index (Phi) is 4.11. The number of nitrogens with two attached hydrogens (primary N) is 1. The van der Waals surface area contributed by atoms with Crippen molar-refractivity contribution >= 4 is 17.3 Å². The second-order valence-corrected chi connectivity index (χ2v) is 4.47. The van der Waals surface area contributed by atoms with Gasteiger partial charge in [-0.05, 0) is 26.0 Å². The number of nitrogens with one attached hydrogen (secondary N) is 1. The standard InChI is InChI=1S/C14H17FN4O2/c1-4-19-13(12(16)8(2)18-19)14(20)17-9-5-6-11(21-3)10(15)7-9/h5-7H,4,16H2,1-3H3,(H,17,20). The Balaban J connectivity index is 2.28. The Morgan fingerprint density at radius 1 is 1.52 bits per heavy atom. The second-order valence-electron chi connectivity index (χ2n) is 4.47. The number of hydrogen-bond donors (Lipinski definition) is 2. The molecule has 0 radical (unpaired) electrons. The number of hydrogen-bond acceptors (Lipinski definition) is 4. The highest BCUT2D eigenvalue weighted by atomic mass is 19.1. The molecule has 3 N–H and O–H groups in total. The van der Waals surface area contributed by atoms with Gasteiger partial charge in [-0.2, -0.15) is 5.10 Å². The summed E-state index contributed by atoms with van der Waals surface area (Å²) in [5.74, 6) is -0.870. The molecule has 0 bridgehead atoms. The van der Waals surface area contributed by atoms with Crippen LogP contribution in [0.4, 0.5) is 15.8 Å². The van der Waals surface area contributed by atoms with Crippen LogP contribution in [0.3, 0.4) is 0 Å². The van der Waals surface area contributed by atoms with Crippen LogP contribution < -0.4 is 15.8 Å². The molecular weight excluding hydrogens is 275 g/mol. The molecule has 0 saturated carbocycles. The summed E-state index contributed by atoms with van der Waals surface area (Å²) in [4.78, 5) is 12.3. The number of anilines is 2. The molecule has 0 aliphatic heterocycles. The molecule has 6 nitrogen and oxygen atoms in total. The zero-order valence-electron chi connectivity index (χ0n) is 12.1. The van der Waals surface area contributed by atoms with Crippen molar-refractivity contribution in [2.75, 3.05) is 18.2 Å². The van der Waals surface area contributed by atoms with E-state index in [0.717, 1.165) is 0 Å². The summed E-state index contributed by atoms with van der Waals surface area (Å²) in [6.45, 7) is 4.10. The highest BCUT2D eigenvalue weighted by Gasteiger charge is 2.19. The van der Waals surface area contributed by atoms with E-state index in [0.29, 0.717) is 23.6 Å². The number of carbonyl (C=O) groups is 1. The average Bonchev–Trinajstić information content (AvgIpc) is 2.74.